The monoisotopic (exact) mass is 338 g/mol. The average Bonchev–Trinajstić information content (AvgIpc) is 2.86. The summed E-state index contributed by atoms with van der Waals surface area (Å²) < 4.78 is 34.1. The molecule has 0 saturated heterocycles. The molecule has 0 aliphatic rings. The van der Waals surface area contributed by atoms with Gasteiger partial charge in [-0.15, -0.1) is 0 Å². The predicted octanol–water partition coefficient (Wildman–Crippen LogP) is 0.828. The smallest absolute Gasteiger partial charge is 0.268 e. The van der Waals surface area contributed by atoms with Crippen LogP contribution in [0.15, 0.2) is 17.2 Å². The lowest BCUT2D eigenvalue weighted by molar-refractivity contribution is 0.0691. The second kappa shape index (κ2) is 8.38. The van der Waals surface area contributed by atoms with Crippen molar-refractivity contribution in [1.82, 2.24) is 9.88 Å². The first-order valence-electron chi connectivity index (χ1n) is 6.39. The van der Waals surface area contributed by atoms with Gasteiger partial charge in [0.2, 0.25) is 0 Å². The first-order valence-corrected chi connectivity index (χ1v) is 8.70. The Morgan fingerprint density at radius 3 is 2.67 bits per heavy atom. The van der Waals surface area contributed by atoms with E-state index in [2.05, 4.69) is 5.32 Å². The molecule has 9 heteroatoms. The second-order valence-corrected chi connectivity index (χ2v) is 6.71. The van der Waals surface area contributed by atoms with Crippen LogP contribution in [0.4, 0.5) is 0 Å². The van der Waals surface area contributed by atoms with Crippen LogP contribution in [0, 0.1) is 0 Å². The number of aryl methyl sites for hydroxylation is 1. The summed E-state index contributed by atoms with van der Waals surface area (Å²) in [5, 5.41) is 2.65. The molecule has 1 amide bonds. The van der Waals surface area contributed by atoms with E-state index in [1.54, 1.807) is 14.0 Å². The molecule has 1 rings (SSSR count). The van der Waals surface area contributed by atoms with Gasteiger partial charge in [-0.25, -0.2) is 8.42 Å². The summed E-state index contributed by atoms with van der Waals surface area (Å²) in [7, 11) is 3.00. The first-order chi connectivity index (χ1) is 9.90. The fourth-order valence-corrected chi connectivity index (χ4v) is 2.40. The molecular weight excluding hydrogens is 320 g/mol. The van der Waals surface area contributed by atoms with Crippen molar-refractivity contribution in [3.63, 3.8) is 0 Å². The van der Waals surface area contributed by atoms with E-state index in [0.29, 0.717) is 32.9 Å². The topological polar surface area (TPSA) is 86.6 Å². The number of hydrogen-bond acceptors (Lipinski definition) is 5. The fraction of sp³-hybridized carbons (Fsp3) is 0.583. The van der Waals surface area contributed by atoms with Crippen LogP contribution in [0.3, 0.4) is 0 Å². The van der Waals surface area contributed by atoms with Crippen LogP contribution >= 0.6 is 10.7 Å². The van der Waals surface area contributed by atoms with Crippen molar-refractivity contribution in [2.75, 3.05) is 33.5 Å². The zero-order valence-electron chi connectivity index (χ0n) is 12.0. The third-order valence-corrected chi connectivity index (χ3v) is 4.01. The van der Waals surface area contributed by atoms with Crippen LogP contribution in [0.2, 0.25) is 0 Å². The number of ether oxygens (including phenoxy) is 2. The predicted molar refractivity (Wildman–Crippen MR) is 78.2 cm³/mol. The number of halogens is 1. The Morgan fingerprint density at radius 1 is 1.38 bits per heavy atom. The number of rotatable bonds is 9. The second-order valence-electron chi connectivity index (χ2n) is 4.15. The molecule has 1 aromatic rings. The molecule has 0 spiro atoms. The molecule has 0 aliphatic carbocycles. The van der Waals surface area contributed by atoms with Gasteiger partial charge in [-0.05, 0) is 13.0 Å². The Balaban J connectivity index is 2.59. The largest absolute Gasteiger partial charge is 0.382 e. The Hall–Kier alpha value is -1.09. The fourth-order valence-electron chi connectivity index (χ4n) is 1.64. The number of amides is 1. The van der Waals surface area contributed by atoms with Gasteiger partial charge in [0.25, 0.3) is 15.0 Å². The summed E-state index contributed by atoms with van der Waals surface area (Å²) in [6.07, 6.45) is 1.34. The van der Waals surface area contributed by atoms with Crippen LogP contribution in [0.1, 0.15) is 17.4 Å². The van der Waals surface area contributed by atoms with Gasteiger partial charge in [-0.3, -0.25) is 4.79 Å². The molecule has 0 atom stereocenters. The lowest BCUT2D eigenvalue weighted by atomic mass is 10.4. The van der Waals surface area contributed by atoms with E-state index >= 15 is 0 Å². The lowest BCUT2D eigenvalue weighted by Crippen LogP contribution is -2.29. The highest BCUT2D eigenvalue weighted by molar-refractivity contribution is 8.13. The van der Waals surface area contributed by atoms with Gasteiger partial charge in [0.1, 0.15) is 10.6 Å². The standard InChI is InChI=1S/C12H19ClN2O5S/c1-3-15-9-10(21(13,17)18)8-11(15)12(16)14-4-5-20-7-6-19-2/h8-9H,3-7H2,1-2H3,(H,14,16). The highest BCUT2D eigenvalue weighted by atomic mass is 35.7. The maximum absolute atomic E-state index is 12.0. The van der Waals surface area contributed by atoms with Crippen molar-refractivity contribution in [2.24, 2.45) is 0 Å². The quantitative estimate of drug-likeness (QED) is 0.532. The molecule has 1 heterocycles. The summed E-state index contributed by atoms with van der Waals surface area (Å²) >= 11 is 0. The number of aromatic nitrogens is 1. The normalized spacial score (nSPS) is 11.6. The minimum absolute atomic E-state index is 0.0903. The molecule has 0 aromatic carbocycles. The summed E-state index contributed by atoms with van der Waals surface area (Å²) in [5.41, 5.74) is 0.244. The number of methoxy groups -OCH3 is 1. The summed E-state index contributed by atoms with van der Waals surface area (Å²) in [6.45, 7) is 3.87. The highest BCUT2D eigenvalue weighted by Gasteiger charge is 2.19. The van der Waals surface area contributed by atoms with E-state index in [0.717, 1.165) is 0 Å². The van der Waals surface area contributed by atoms with E-state index in [4.69, 9.17) is 20.2 Å². The third kappa shape index (κ3) is 5.66. The molecule has 120 valence electrons. The van der Waals surface area contributed by atoms with Crippen LogP contribution in [0.5, 0.6) is 0 Å². The van der Waals surface area contributed by atoms with Crippen molar-refractivity contribution in [1.29, 1.82) is 0 Å². The Labute approximate surface area is 128 Å². The molecule has 0 aliphatic heterocycles. The van der Waals surface area contributed by atoms with Gasteiger partial charge < -0.3 is 19.4 Å². The van der Waals surface area contributed by atoms with Crippen LogP contribution in [-0.4, -0.2) is 52.4 Å². The van der Waals surface area contributed by atoms with Crippen molar-refractivity contribution in [3.8, 4) is 0 Å². The van der Waals surface area contributed by atoms with Crippen molar-refractivity contribution >= 4 is 25.6 Å². The van der Waals surface area contributed by atoms with Gasteiger partial charge in [0.15, 0.2) is 0 Å². The van der Waals surface area contributed by atoms with Crippen LogP contribution in [-0.2, 0) is 25.1 Å². The van der Waals surface area contributed by atoms with Gasteiger partial charge >= 0.3 is 0 Å². The minimum atomic E-state index is -3.85. The maximum atomic E-state index is 12.0. The molecule has 0 bridgehead atoms. The van der Waals surface area contributed by atoms with Crippen molar-refractivity contribution in [3.05, 3.63) is 18.0 Å². The molecule has 0 saturated carbocycles. The van der Waals surface area contributed by atoms with E-state index in [1.165, 1.54) is 16.8 Å². The maximum Gasteiger partial charge on any atom is 0.268 e. The summed E-state index contributed by atoms with van der Waals surface area (Å²) in [6, 6.07) is 1.26. The zero-order valence-corrected chi connectivity index (χ0v) is 13.5. The minimum Gasteiger partial charge on any atom is -0.382 e. The third-order valence-electron chi connectivity index (χ3n) is 2.69. The lowest BCUT2D eigenvalue weighted by Gasteiger charge is -2.08. The molecule has 0 fully saturated rings. The highest BCUT2D eigenvalue weighted by Crippen LogP contribution is 2.18. The number of nitrogens with one attached hydrogen (secondary N) is 1. The van der Waals surface area contributed by atoms with E-state index in [1.807, 2.05) is 0 Å². The SMILES string of the molecule is CCn1cc(S(=O)(=O)Cl)cc1C(=O)NCCOCCOC. The number of nitrogens with zero attached hydrogens (tertiary/aromatic N) is 1. The molecular formula is C12H19ClN2O5S. The number of carbonyl (C=O) groups is 1. The molecule has 0 radical (unpaired) electrons. The Kier molecular flexibility index (Phi) is 7.16. The average molecular weight is 339 g/mol. The van der Waals surface area contributed by atoms with E-state index in [9.17, 15) is 13.2 Å². The summed E-state index contributed by atoms with van der Waals surface area (Å²) in [5.74, 6) is -0.376. The Bertz CT molecular complexity index is 570. The molecule has 7 nitrogen and oxygen atoms in total. The zero-order chi connectivity index (χ0) is 15.9. The number of carbonyl (C=O) groups excluding carboxylic acids is 1. The number of hydrogen-bond donors (Lipinski definition) is 1. The van der Waals surface area contributed by atoms with Crippen molar-refractivity contribution in [2.45, 2.75) is 18.4 Å². The molecule has 21 heavy (non-hydrogen) atoms. The first kappa shape index (κ1) is 18.0. The van der Waals surface area contributed by atoms with E-state index < -0.39 is 9.05 Å². The van der Waals surface area contributed by atoms with Crippen molar-refractivity contribution < 1.29 is 22.7 Å². The van der Waals surface area contributed by atoms with Gasteiger partial charge in [-0.1, -0.05) is 0 Å². The molecule has 0 unspecified atom stereocenters. The van der Waals surface area contributed by atoms with Gasteiger partial charge in [0, 0.05) is 37.1 Å². The van der Waals surface area contributed by atoms with Gasteiger partial charge in [0.05, 0.1) is 19.8 Å². The van der Waals surface area contributed by atoms with Crippen LogP contribution < -0.4 is 5.32 Å². The van der Waals surface area contributed by atoms with E-state index in [-0.39, 0.29) is 16.5 Å². The molecule has 1 N–H and O–H groups in total. The summed E-state index contributed by atoms with van der Waals surface area (Å²) in [4.78, 5) is 11.9. The molecule has 1 aromatic heterocycles. The van der Waals surface area contributed by atoms with Gasteiger partial charge in [-0.2, -0.15) is 0 Å². The van der Waals surface area contributed by atoms with Crippen LogP contribution in [0.25, 0.3) is 0 Å². The Morgan fingerprint density at radius 2 is 2.10 bits per heavy atom.